The number of carbonyl (C=O) groups is 1. The third-order valence-electron chi connectivity index (χ3n) is 3.10. The lowest BCUT2D eigenvalue weighted by molar-refractivity contribution is -0.127. The van der Waals surface area contributed by atoms with Crippen LogP contribution in [0.25, 0.3) is 0 Å². The van der Waals surface area contributed by atoms with Crippen molar-refractivity contribution in [2.75, 3.05) is 0 Å². The van der Waals surface area contributed by atoms with Gasteiger partial charge in [0, 0.05) is 5.54 Å². The van der Waals surface area contributed by atoms with E-state index >= 15 is 0 Å². The van der Waals surface area contributed by atoms with Crippen molar-refractivity contribution in [2.24, 2.45) is 23.3 Å². The number of hydrogen-bond donors (Lipinski definition) is 3. The molecule has 0 saturated heterocycles. The van der Waals surface area contributed by atoms with Gasteiger partial charge in [-0.25, -0.2) is 0 Å². The van der Waals surface area contributed by atoms with Gasteiger partial charge in [-0.15, -0.1) is 0 Å². The van der Waals surface area contributed by atoms with E-state index in [0.717, 1.165) is 19.3 Å². The molecule has 4 nitrogen and oxygen atoms in total. The molecule has 0 radical (unpaired) electrons. The molecule has 3 unspecified atom stereocenters. The van der Waals surface area contributed by atoms with Gasteiger partial charge in [0.2, 0.25) is 5.91 Å². The number of aliphatic hydroxyl groups is 1. The topological polar surface area (TPSA) is 89.3 Å². The summed E-state index contributed by atoms with van der Waals surface area (Å²) in [6.07, 6.45) is 1.94. The van der Waals surface area contributed by atoms with Crippen LogP contribution in [0.5, 0.6) is 0 Å². The summed E-state index contributed by atoms with van der Waals surface area (Å²) in [5.74, 6) is -0.248. The number of rotatable bonds is 3. The van der Waals surface area contributed by atoms with Gasteiger partial charge >= 0.3 is 0 Å². The Labute approximate surface area is 70.9 Å². The van der Waals surface area contributed by atoms with Gasteiger partial charge in [0.05, 0.1) is 0 Å². The zero-order valence-electron chi connectivity index (χ0n) is 6.86. The van der Waals surface area contributed by atoms with Gasteiger partial charge in [0.15, 0.2) is 0 Å². The van der Waals surface area contributed by atoms with Crippen molar-refractivity contribution >= 4 is 5.91 Å². The molecule has 2 fully saturated rings. The van der Waals surface area contributed by atoms with Gasteiger partial charge < -0.3 is 16.6 Å². The highest BCUT2D eigenvalue weighted by Crippen LogP contribution is 2.57. The Morgan fingerprint density at radius 2 is 2.17 bits per heavy atom. The molecule has 0 heterocycles. The molecule has 0 aromatic rings. The smallest absolute Gasteiger partial charge is 0.246 e. The molecule has 0 aromatic heterocycles. The average Bonchev–Trinajstić information content (AvgIpc) is 2.80. The van der Waals surface area contributed by atoms with Gasteiger partial charge in [0.1, 0.15) is 6.10 Å². The third kappa shape index (κ3) is 1.11. The quantitative estimate of drug-likeness (QED) is 0.505. The molecule has 5 N–H and O–H groups in total. The second-order valence-corrected chi connectivity index (χ2v) is 4.09. The van der Waals surface area contributed by atoms with Crippen molar-refractivity contribution in [3.05, 3.63) is 0 Å². The summed E-state index contributed by atoms with van der Waals surface area (Å²) in [6, 6.07) is 0. The molecule has 2 aliphatic rings. The maximum atomic E-state index is 10.6. The first-order valence-corrected chi connectivity index (χ1v) is 4.31. The Morgan fingerprint density at radius 3 is 2.58 bits per heavy atom. The first kappa shape index (κ1) is 8.01. The fraction of sp³-hybridized carbons (Fsp3) is 0.875. The van der Waals surface area contributed by atoms with Gasteiger partial charge in [-0.2, -0.15) is 0 Å². The van der Waals surface area contributed by atoms with Crippen LogP contribution in [0, 0.1) is 11.8 Å². The summed E-state index contributed by atoms with van der Waals surface area (Å²) in [4.78, 5) is 10.6. The van der Waals surface area contributed by atoms with Crippen LogP contribution < -0.4 is 11.5 Å². The number of hydrogen-bond acceptors (Lipinski definition) is 3. The molecular weight excluding hydrogens is 156 g/mol. The van der Waals surface area contributed by atoms with Crippen molar-refractivity contribution < 1.29 is 9.90 Å². The van der Waals surface area contributed by atoms with Crippen LogP contribution in [0.2, 0.25) is 0 Å². The third-order valence-corrected chi connectivity index (χ3v) is 3.10. The SMILES string of the molecule is NC(=O)C(O)C1CC1C1(N)CC1. The average molecular weight is 170 g/mol. The van der Waals surface area contributed by atoms with E-state index in [0.29, 0.717) is 5.92 Å². The molecule has 0 spiro atoms. The number of amides is 1. The monoisotopic (exact) mass is 170 g/mol. The number of carbonyl (C=O) groups excluding carboxylic acids is 1. The van der Waals surface area contributed by atoms with Crippen molar-refractivity contribution in [2.45, 2.75) is 30.9 Å². The Hall–Kier alpha value is -0.610. The van der Waals surface area contributed by atoms with Crippen LogP contribution in [-0.4, -0.2) is 22.7 Å². The summed E-state index contributed by atoms with van der Waals surface area (Å²) in [5, 5.41) is 9.30. The minimum absolute atomic E-state index is 0.0370. The first-order chi connectivity index (χ1) is 5.54. The lowest BCUT2D eigenvalue weighted by Crippen LogP contribution is -2.34. The predicted molar refractivity (Wildman–Crippen MR) is 43.0 cm³/mol. The molecule has 2 rings (SSSR count). The van der Waals surface area contributed by atoms with Crippen LogP contribution in [0.3, 0.4) is 0 Å². The van der Waals surface area contributed by atoms with E-state index in [2.05, 4.69) is 0 Å². The molecule has 68 valence electrons. The van der Waals surface area contributed by atoms with Crippen molar-refractivity contribution in [1.82, 2.24) is 0 Å². The van der Waals surface area contributed by atoms with Crippen LogP contribution >= 0.6 is 0 Å². The minimum Gasteiger partial charge on any atom is -0.383 e. The second kappa shape index (κ2) is 2.20. The fourth-order valence-corrected chi connectivity index (χ4v) is 1.95. The Morgan fingerprint density at radius 1 is 1.58 bits per heavy atom. The summed E-state index contributed by atoms with van der Waals surface area (Å²) in [6.45, 7) is 0. The highest BCUT2D eigenvalue weighted by atomic mass is 16.3. The molecule has 12 heavy (non-hydrogen) atoms. The Balaban J connectivity index is 1.91. The predicted octanol–water partition coefficient (Wildman–Crippen LogP) is -1.04. The van der Waals surface area contributed by atoms with Crippen molar-refractivity contribution in [3.8, 4) is 0 Å². The summed E-state index contributed by atoms with van der Waals surface area (Å²) < 4.78 is 0. The highest BCUT2D eigenvalue weighted by molar-refractivity contribution is 5.79. The molecule has 1 amide bonds. The van der Waals surface area contributed by atoms with E-state index < -0.39 is 12.0 Å². The van der Waals surface area contributed by atoms with Gasteiger partial charge in [-0.3, -0.25) is 4.79 Å². The fourth-order valence-electron chi connectivity index (χ4n) is 1.95. The Kier molecular flexibility index (Phi) is 1.47. The lowest BCUT2D eigenvalue weighted by atomic mass is 10.1. The van der Waals surface area contributed by atoms with Gasteiger partial charge in [-0.1, -0.05) is 0 Å². The molecule has 4 heteroatoms. The van der Waals surface area contributed by atoms with E-state index in [1.54, 1.807) is 0 Å². The lowest BCUT2D eigenvalue weighted by Gasteiger charge is -2.09. The maximum absolute atomic E-state index is 10.6. The number of primary amides is 1. The molecule has 3 atom stereocenters. The summed E-state index contributed by atoms with van der Waals surface area (Å²) in [5.41, 5.74) is 10.8. The normalized spacial score (nSPS) is 38.8. The Bertz CT molecular complexity index is 225. The van der Waals surface area contributed by atoms with E-state index in [1.807, 2.05) is 0 Å². The van der Waals surface area contributed by atoms with Crippen molar-refractivity contribution in [3.63, 3.8) is 0 Å². The van der Waals surface area contributed by atoms with Gasteiger partial charge in [-0.05, 0) is 31.1 Å². The largest absolute Gasteiger partial charge is 0.383 e. The molecule has 2 saturated carbocycles. The van der Waals surface area contributed by atoms with Crippen LogP contribution in [0.4, 0.5) is 0 Å². The van der Waals surface area contributed by atoms with E-state index in [9.17, 15) is 9.90 Å². The van der Waals surface area contributed by atoms with Crippen LogP contribution in [-0.2, 0) is 4.79 Å². The highest BCUT2D eigenvalue weighted by Gasteiger charge is 2.59. The van der Waals surface area contributed by atoms with E-state index in [1.165, 1.54) is 0 Å². The van der Waals surface area contributed by atoms with Crippen LogP contribution in [0.15, 0.2) is 0 Å². The number of aliphatic hydroxyl groups excluding tert-OH is 1. The zero-order chi connectivity index (χ0) is 8.93. The number of nitrogens with two attached hydrogens (primary N) is 2. The molecule has 0 bridgehead atoms. The molecule has 2 aliphatic carbocycles. The molecule has 0 aliphatic heterocycles. The van der Waals surface area contributed by atoms with Crippen molar-refractivity contribution in [1.29, 1.82) is 0 Å². The van der Waals surface area contributed by atoms with E-state index in [-0.39, 0.29) is 11.5 Å². The maximum Gasteiger partial charge on any atom is 0.246 e. The van der Waals surface area contributed by atoms with E-state index in [4.69, 9.17) is 11.5 Å². The first-order valence-electron chi connectivity index (χ1n) is 4.31. The van der Waals surface area contributed by atoms with Gasteiger partial charge in [0.25, 0.3) is 0 Å². The molecule has 0 aromatic carbocycles. The summed E-state index contributed by atoms with van der Waals surface area (Å²) in [7, 11) is 0. The minimum atomic E-state index is -0.976. The zero-order valence-corrected chi connectivity index (χ0v) is 6.86. The van der Waals surface area contributed by atoms with Crippen LogP contribution in [0.1, 0.15) is 19.3 Å². The second-order valence-electron chi connectivity index (χ2n) is 4.09. The molecular formula is C8H14N2O2. The summed E-state index contributed by atoms with van der Waals surface area (Å²) >= 11 is 0. The standard InChI is InChI=1S/C8H14N2O2/c9-7(12)6(11)4-3-5(4)8(10)1-2-8/h4-6,11H,1-3,10H2,(H2,9,12).